The molecule has 1 heterocycles. The predicted molar refractivity (Wildman–Crippen MR) is 65.9 cm³/mol. The number of fused-ring (bicyclic) bond motifs is 1. The van der Waals surface area contributed by atoms with Gasteiger partial charge in [-0.15, -0.1) is 0 Å². The van der Waals surface area contributed by atoms with Crippen molar-refractivity contribution in [1.82, 2.24) is 4.90 Å². The summed E-state index contributed by atoms with van der Waals surface area (Å²) in [6, 6.07) is 0. The lowest BCUT2D eigenvalue weighted by atomic mass is 9.92. The van der Waals surface area contributed by atoms with E-state index in [1.807, 2.05) is 0 Å². The molecule has 1 aliphatic carbocycles. The van der Waals surface area contributed by atoms with Crippen LogP contribution in [0.5, 0.6) is 0 Å². The van der Waals surface area contributed by atoms with Crippen molar-refractivity contribution < 1.29 is 0 Å². The summed E-state index contributed by atoms with van der Waals surface area (Å²) in [4.78, 5) is 2.69. The van der Waals surface area contributed by atoms with Gasteiger partial charge in [0.05, 0.1) is 0 Å². The van der Waals surface area contributed by atoms with Gasteiger partial charge in [0, 0.05) is 18.6 Å². The highest BCUT2D eigenvalue weighted by Gasteiger charge is 2.43. The number of likely N-dealkylation sites (tertiary alicyclic amines) is 1. The maximum absolute atomic E-state index is 2.69. The van der Waals surface area contributed by atoms with Gasteiger partial charge in [-0.3, -0.25) is 4.90 Å². The van der Waals surface area contributed by atoms with Crippen LogP contribution in [0.1, 0.15) is 47.5 Å². The fraction of sp³-hybridized carbons (Fsp3) is 1.00. The van der Waals surface area contributed by atoms with Gasteiger partial charge < -0.3 is 0 Å². The van der Waals surface area contributed by atoms with E-state index in [1.54, 1.807) is 0 Å². The summed E-state index contributed by atoms with van der Waals surface area (Å²) in [5, 5.41) is 0. The largest absolute Gasteiger partial charge is 0.298 e. The summed E-state index contributed by atoms with van der Waals surface area (Å²) in [6.45, 7) is 14.6. The number of hydrogen-bond donors (Lipinski definition) is 0. The molecule has 88 valence electrons. The van der Waals surface area contributed by atoms with Crippen LogP contribution in [0.3, 0.4) is 0 Å². The third-order valence-electron chi connectivity index (χ3n) is 4.68. The Bertz CT molecular complexity index is 212. The van der Waals surface area contributed by atoms with Gasteiger partial charge in [-0.2, -0.15) is 0 Å². The molecule has 0 spiro atoms. The monoisotopic (exact) mass is 209 g/mol. The highest BCUT2D eigenvalue weighted by atomic mass is 15.2. The smallest absolute Gasteiger partial charge is 0.0125 e. The first kappa shape index (κ1) is 11.4. The maximum Gasteiger partial charge on any atom is 0.0125 e. The molecule has 0 N–H and O–H groups in total. The third kappa shape index (κ3) is 2.22. The number of hydrogen-bond acceptors (Lipinski definition) is 1. The molecule has 3 atom stereocenters. The molecule has 1 saturated heterocycles. The SMILES string of the molecule is CC(C)C1C[C@@H]2CN(C(C)(C)C)C[C@@H]2C1. The third-order valence-corrected chi connectivity index (χ3v) is 4.68. The van der Waals surface area contributed by atoms with Crippen molar-refractivity contribution in [3.05, 3.63) is 0 Å². The Hall–Kier alpha value is -0.0400. The topological polar surface area (TPSA) is 3.24 Å². The molecule has 2 aliphatic rings. The molecule has 0 aromatic heterocycles. The first-order chi connectivity index (χ1) is 6.88. The van der Waals surface area contributed by atoms with Gasteiger partial charge in [0.1, 0.15) is 0 Å². The van der Waals surface area contributed by atoms with Gasteiger partial charge >= 0.3 is 0 Å². The predicted octanol–water partition coefficient (Wildman–Crippen LogP) is 3.40. The van der Waals surface area contributed by atoms with E-state index in [0.29, 0.717) is 5.54 Å². The molecule has 2 fully saturated rings. The van der Waals surface area contributed by atoms with E-state index in [9.17, 15) is 0 Å². The molecule has 1 nitrogen and oxygen atoms in total. The molecule has 1 saturated carbocycles. The van der Waals surface area contributed by atoms with Crippen molar-refractivity contribution in [2.24, 2.45) is 23.7 Å². The van der Waals surface area contributed by atoms with E-state index >= 15 is 0 Å². The van der Waals surface area contributed by atoms with Crippen LogP contribution in [-0.4, -0.2) is 23.5 Å². The minimum atomic E-state index is 0.387. The van der Waals surface area contributed by atoms with Crippen LogP contribution in [0.4, 0.5) is 0 Å². The molecular weight excluding hydrogens is 182 g/mol. The zero-order valence-corrected chi connectivity index (χ0v) is 11.1. The lowest BCUT2D eigenvalue weighted by molar-refractivity contribution is 0.154. The standard InChI is InChI=1S/C14H27N/c1-10(2)11-6-12-8-15(14(3,4)5)9-13(12)7-11/h10-13H,6-9H2,1-5H3/t11?,12-,13+. The summed E-state index contributed by atoms with van der Waals surface area (Å²) < 4.78 is 0. The first-order valence-corrected chi connectivity index (χ1v) is 6.63. The van der Waals surface area contributed by atoms with Gasteiger partial charge in [0.2, 0.25) is 0 Å². The van der Waals surface area contributed by atoms with E-state index in [1.165, 1.54) is 25.9 Å². The van der Waals surface area contributed by atoms with Crippen LogP contribution in [0, 0.1) is 23.7 Å². The molecular formula is C14H27N. The summed E-state index contributed by atoms with van der Waals surface area (Å²) in [5.41, 5.74) is 0.387. The number of rotatable bonds is 1. The number of nitrogens with zero attached hydrogens (tertiary/aromatic N) is 1. The minimum Gasteiger partial charge on any atom is -0.298 e. The van der Waals surface area contributed by atoms with Crippen molar-refractivity contribution in [3.8, 4) is 0 Å². The summed E-state index contributed by atoms with van der Waals surface area (Å²) in [7, 11) is 0. The summed E-state index contributed by atoms with van der Waals surface area (Å²) in [5.74, 6) is 3.94. The molecule has 0 aromatic rings. The Morgan fingerprint density at radius 1 is 1.00 bits per heavy atom. The van der Waals surface area contributed by atoms with Crippen LogP contribution in [0.2, 0.25) is 0 Å². The van der Waals surface area contributed by atoms with Crippen molar-refractivity contribution in [2.75, 3.05) is 13.1 Å². The van der Waals surface area contributed by atoms with Crippen LogP contribution >= 0.6 is 0 Å². The van der Waals surface area contributed by atoms with Crippen molar-refractivity contribution in [3.63, 3.8) is 0 Å². The Labute approximate surface area is 95.2 Å². The second-order valence-corrected chi connectivity index (χ2v) is 7.07. The fourth-order valence-corrected chi connectivity index (χ4v) is 3.44. The lowest BCUT2D eigenvalue weighted by Gasteiger charge is -2.33. The Morgan fingerprint density at radius 3 is 1.80 bits per heavy atom. The Kier molecular flexibility index (Phi) is 2.87. The van der Waals surface area contributed by atoms with E-state index in [4.69, 9.17) is 0 Å². The van der Waals surface area contributed by atoms with Crippen molar-refractivity contribution in [1.29, 1.82) is 0 Å². The zero-order chi connectivity index (χ0) is 11.2. The molecule has 1 heteroatoms. The van der Waals surface area contributed by atoms with E-state index < -0.39 is 0 Å². The second-order valence-electron chi connectivity index (χ2n) is 7.07. The molecule has 0 bridgehead atoms. The zero-order valence-electron chi connectivity index (χ0n) is 11.1. The van der Waals surface area contributed by atoms with Gasteiger partial charge in [-0.25, -0.2) is 0 Å². The summed E-state index contributed by atoms with van der Waals surface area (Å²) in [6.07, 6.45) is 2.99. The van der Waals surface area contributed by atoms with Gasteiger partial charge in [0.15, 0.2) is 0 Å². The lowest BCUT2D eigenvalue weighted by Crippen LogP contribution is -2.40. The minimum absolute atomic E-state index is 0.387. The van der Waals surface area contributed by atoms with Crippen LogP contribution in [-0.2, 0) is 0 Å². The highest BCUT2D eigenvalue weighted by molar-refractivity contribution is 4.96. The van der Waals surface area contributed by atoms with Crippen molar-refractivity contribution in [2.45, 2.75) is 53.0 Å². The average Bonchev–Trinajstić information content (AvgIpc) is 2.55. The molecule has 1 aliphatic heterocycles. The van der Waals surface area contributed by atoms with Gasteiger partial charge in [-0.05, 0) is 57.3 Å². The summed E-state index contributed by atoms with van der Waals surface area (Å²) >= 11 is 0. The van der Waals surface area contributed by atoms with Gasteiger partial charge in [0.25, 0.3) is 0 Å². The molecule has 1 unspecified atom stereocenters. The fourth-order valence-electron chi connectivity index (χ4n) is 3.44. The molecule has 0 radical (unpaired) electrons. The normalized spacial score (nSPS) is 37.6. The molecule has 15 heavy (non-hydrogen) atoms. The quantitative estimate of drug-likeness (QED) is 0.640. The molecule has 2 rings (SSSR count). The van der Waals surface area contributed by atoms with Crippen molar-refractivity contribution >= 4 is 0 Å². The van der Waals surface area contributed by atoms with E-state index in [2.05, 4.69) is 39.5 Å². The van der Waals surface area contributed by atoms with Crippen LogP contribution in [0.25, 0.3) is 0 Å². The Balaban J connectivity index is 1.94. The molecule has 0 amide bonds. The molecule has 0 aromatic carbocycles. The Morgan fingerprint density at radius 2 is 1.47 bits per heavy atom. The van der Waals surface area contributed by atoms with E-state index in [0.717, 1.165) is 23.7 Å². The highest BCUT2D eigenvalue weighted by Crippen LogP contribution is 2.45. The average molecular weight is 209 g/mol. The van der Waals surface area contributed by atoms with Gasteiger partial charge in [-0.1, -0.05) is 13.8 Å². The van der Waals surface area contributed by atoms with Crippen LogP contribution < -0.4 is 0 Å². The second kappa shape index (κ2) is 3.76. The first-order valence-electron chi connectivity index (χ1n) is 6.63. The maximum atomic E-state index is 2.69. The van der Waals surface area contributed by atoms with Crippen LogP contribution in [0.15, 0.2) is 0 Å². The van der Waals surface area contributed by atoms with E-state index in [-0.39, 0.29) is 0 Å².